The molecule has 0 spiro atoms. The number of carbonyl (C=O) groups is 1. The normalized spacial score (nSPS) is 15.9. The second-order valence-corrected chi connectivity index (χ2v) is 2.18. The fraction of sp³-hybridized carbons (Fsp3) is 0.889. The number of hydrogen-bond acceptors (Lipinski definition) is 3. The van der Waals surface area contributed by atoms with Gasteiger partial charge in [-0.3, -0.25) is 9.69 Å². The Labute approximate surface area is 81.0 Å². The minimum Gasteiger partial charge on any atom is -0.379 e. The largest absolute Gasteiger partial charge is 0.379 e. The number of morpholine rings is 1. The summed E-state index contributed by atoms with van der Waals surface area (Å²) >= 11 is 0. The molecule has 0 aliphatic carbocycles. The van der Waals surface area contributed by atoms with E-state index in [4.69, 9.17) is 9.53 Å². The lowest BCUT2D eigenvalue weighted by atomic mass is 10.4. The van der Waals surface area contributed by atoms with E-state index in [1.165, 1.54) is 6.54 Å². The van der Waals surface area contributed by atoms with Gasteiger partial charge in [-0.05, 0) is 6.54 Å². The predicted octanol–water partition coefficient (Wildman–Crippen LogP) is 0.466. The van der Waals surface area contributed by atoms with Gasteiger partial charge >= 0.3 is 0 Å². The summed E-state index contributed by atoms with van der Waals surface area (Å²) in [6, 6.07) is 0. The molecule has 1 fully saturated rings. The van der Waals surface area contributed by atoms with Gasteiger partial charge in [-0.1, -0.05) is 20.8 Å². The number of amides is 1. The number of hydrogen-bond donors (Lipinski definition) is 1. The minimum absolute atomic E-state index is 0.250. The quantitative estimate of drug-likeness (QED) is 0.611. The third kappa shape index (κ3) is 11.4. The second-order valence-electron chi connectivity index (χ2n) is 2.18. The van der Waals surface area contributed by atoms with Gasteiger partial charge in [0.15, 0.2) is 0 Å². The molecular weight excluding hydrogens is 168 g/mol. The Morgan fingerprint density at radius 3 is 2.00 bits per heavy atom. The van der Waals surface area contributed by atoms with E-state index in [-0.39, 0.29) is 6.41 Å². The van der Waals surface area contributed by atoms with Crippen molar-refractivity contribution in [2.75, 3.05) is 32.8 Å². The van der Waals surface area contributed by atoms with Crippen LogP contribution in [0.25, 0.3) is 0 Å². The van der Waals surface area contributed by atoms with Crippen molar-refractivity contribution < 1.29 is 9.53 Å². The highest BCUT2D eigenvalue weighted by atomic mass is 16.5. The molecule has 1 amide bonds. The number of likely N-dealkylation sites (N-methyl/N-ethyl adjacent to an activating group) is 1. The van der Waals surface area contributed by atoms with Crippen molar-refractivity contribution in [2.24, 2.45) is 5.73 Å². The van der Waals surface area contributed by atoms with Crippen LogP contribution in [0.1, 0.15) is 20.8 Å². The molecule has 1 saturated heterocycles. The zero-order valence-electron chi connectivity index (χ0n) is 8.95. The highest BCUT2D eigenvalue weighted by molar-refractivity contribution is 5.42. The van der Waals surface area contributed by atoms with Crippen molar-refractivity contribution in [2.45, 2.75) is 20.8 Å². The van der Waals surface area contributed by atoms with Crippen molar-refractivity contribution in [1.82, 2.24) is 4.90 Å². The minimum atomic E-state index is 0.250. The Bertz CT molecular complexity index is 93.6. The summed E-state index contributed by atoms with van der Waals surface area (Å²) in [5.74, 6) is 0. The van der Waals surface area contributed by atoms with Crippen LogP contribution >= 0.6 is 0 Å². The molecule has 1 rings (SSSR count). The first-order valence-electron chi connectivity index (χ1n) is 4.80. The fourth-order valence-electron chi connectivity index (χ4n) is 0.917. The number of nitrogens with zero attached hydrogens (tertiary/aromatic N) is 1. The van der Waals surface area contributed by atoms with Gasteiger partial charge in [0.2, 0.25) is 6.41 Å². The SMILES string of the molecule is CC.CCN1CCOCC1.NC=O. The third-order valence-corrected chi connectivity index (χ3v) is 1.55. The monoisotopic (exact) mass is 190 g/mol. The van der Waals surface area contributed by atoms with E-state index in [9.17, 15) is 0 Å². The van der Waals surface area contributed by atoms with Crippen LogP contribution in [-0.4, -0.2) is 44.2 Å². The molecule has 13 heavy (non-hydrogen) atoms. The Balaban J connectivity index is 0. The maximum atomic E-state index is 8.58. The number of primary amides is 1. The van der Waals surface area contributed by atoms with E-state index in [2.05, 4.69) is 17.6 Å². The number of rotatable bonds is 1. The van der Waals surface area contributed by atoms with Gasteiger partial charge in [-0.25, -0.2) is 0 Å². The van der Waals surface area contributed by atoms with E-state index < -0.39 is 0 Å². The lowest BCUT2D eigenvalue weighted by Gasteiger charge is -2.24. The molecule has 1 aliphatic rings. The first-order chi connectivity index (χ1) is 6.35. The van der Waals surface area contributed by atoms with Crippen LogP contribution in [0.4, 0.5) is 0 Å². The number of ether oxygens (including phenoxy) is 1. The van der Waals surface area contributed by atoms with Crippen LogP contribution in [0.15, 0.2) is 0 Å². The number of carbonyl (C=O) groups excluding carboxylic acids is 1. The zero-order valence-corrected chi connectivity index (χ0v) is 8.95. The van der Waals surface area contributed by atoms with Gasteiger partial charge in [0.1, 0.15) is 0 Å². The molecule has 0 aromatic carbocycles. The Morgan fingerprint density at radius 2 is 1.77 bits per heavy atom. The van der Waals surface area contributed by atoms with Crippen LogP contribution in [0.5, 0.6) is 0 Å². The highest BCUT2D eigenvalue weighted by Gasteiger charge is 2.05. The first kappa shape index (κ1) is 14.9. The van der Waals surface area contributed by atoms with Crippen molar-refractivity contribution in [3.63, 3.8) is 0 Å². The summed E-state index contributed by atoms with van der Waals surface area (Å²) in [4.78, 5) is 11.0. The molecule has 0 bridgehead atoms. The molecule has 0 aromatic heterocycles. The molecule has 4 nitrogen and oxygen atoms in total. The van der Waals surface area contributed by atoms with E-state index in [1.54, 1.807) is 0 Å². The molecule has 0 atom stereocenters. The lowest BCUT2D eigenvalue weighted by Crippen LogP contribution is -2.35. The lowest BCUT2D eigenvalue weighted by molar-refractivity contribution is -0.106. The van der Waals surface area contributed by atoms with Gasteiger partial charge in [0.05, 0.1) is 13.2 Å². The molecule has 80 valence electrons. The van der Waals surface area contributed by atoms with Crippen LogP contribution in [0, 0.1) is 0 Å². The third-order valence-electron chi connectivity index (χ3n) is 1.55. The van der Waals surface area contributed by atoms with Crippen molar-refractivity contribution in [3.05, 3.63) is 0 Å². The van der Waals surface area contributed by atoms with E-state index in [0.717, 1.165) is 26.3 Å². The molecule has 0 unspecified atom stereocenters. The standard InChI is InChI=1S/C6H13NO.C2H6.CH3NO/c1-2-7-3-5-8-6-4-7;1-2;2-1-3/h2-6H2,1H3;1-2H3;1H,(H2,2,3). The van der Waals surface area contributed by atoms with Crippen LogP contribution in [0.2, 0.25) is 0 Å². The highest BCUT2D eigenvalue weighted by Crippen LogP contribution is 1.93. The Kier molecular flexibility index (Phi) is 16.0. The summed E-state index contributed by atoms with van der Waals surface area (Å²) < 4.78 is 5.16. The summed E-state index contributed by atoms with van der Waals surface area (Å²) in [7, 11) is 0. The molecule has 2 N–H and O–H groups in total. The zero-order chi connectivity index (χ0) is 10.5. The van der Waals surface area contributed by atoms with Gasteiger partial charge in [0, 0.05) is 13.1 Å². The average Bonchev–Trinajstić information content (AvgIpc) is 2.23. The average molecular weight is 190 g/mol. The van der Waals surface area contributed by atoms with Gasteiger partial charge in [-0.15, -0.1) is 0 Å². The molecule has 0 radical (unpaired) electrons. The van der Waals surface area contributed by atoms with Crippen molar-refractivity contribution in [1.29, 1.82) is 0 Å². The van der Waals surface area contributed by atoms with Crippen molar-refractivity contribution in [3.8, 4) is 0 Å². The smallest absolute Gasteiger partial charge is 0.204 e. The van der Waals surface area contributed by atoms with Crippen molar-refractivity contribution >= 4 is 6.41 Å². The van der Waals surface area contributed by atoms with E-state index in [1.807, 2.05) is 13.8 Å². The molecule has 1 heterocycles. The molecule has 4 heteroatoms. The van der Waals surface area contributed by atoms with Gasteiger partial charge in [0.25, 0.3) is 0 Å². The molecule has 0 aromatic rings. The Morgan fingerprint density at radius 1 is 1.38 bits per heavy atom. The summed E-state index contributed by atoms with van der Waals surface area (Å²) in [5.41, 5.74) is 4.17. The fourth-order valence-corrected chi connectivity index (χ4v) is 0.917. The topological polar surface area (TPSA) is 55.6 Å². The maximum Gasteiger partial charge on any atom is 0.204 e. The second kappa shape index (κ2) is 13.9. The van der Waals surface area contributed by atoms with Gasteiger partial charge < -0.3 is 10.5 Å². The molecule has 0 saturated carbocycles. The van der Waals surface area contributed by atoms with Crippen LogP contribution < -0.4 is 5.73 Å². The number of nitrogens with two attached hydrogens (primary N) is 1. The van der Waals surface area contributed by atoms with Crippen LogP contribution in [-0.2, 0) is 9.53 Å². The maximum absolute atomic E-state index is 8.58. The summed E-state index contributed by atoms with van der Waals surface area (Å²) in [6.45, 7) is 11.4. The Hall–Kier alpha value is -0.610. The summed E-state index contributed by atoms with van der Waals surface area (Å²) in [5, 5.41) is 0. The molecular formula is C9H22N2O2. The van der Waals surface area contributed by atoms with Crippen LogP contribution in [0.3, 0.4) is 0 Å². The molecule has 1 aliphatic heterocycles. The van der Waals surface area contributed by atoms with E-state index in [0.29, 0.717) is 0 Å². The predicted molar refractivity (Wildman–Crippen MR) is 54.5 cm³/mol. The van der Waals surface area contributed by atoms with Gasteiger partial charge in [-0.2, -0.15) is 0 Å². The summed E-state index contributed by atoms with van der Waals surface area (Å²) in [6.07, 6.45) is 0.250. The van der Waals surface area contributed by atoms with E-state index >= 15 is 0 Å². The first-order valence-corrected chi connectivity index (χ1v) is 4.80.